The van der Waals surface area contributed by atoms with Crippen molar-refractivity contribution in [1.82, 2.24) is 10.1 Å². The zero-order chi connectivity index (χ0) is 16.4. The van der Waals surface area contributed by atoms with Gasteiger partial charge in [0.25, 0.3) is 5.91 Å². The fourth-order valence-corrected chi connectivity index (χ4v) is 4.61. The Morgan fingerprint density at radius 1 is 1.26 bits per heavy atom. The Morgan fingerprint density at radius 3 is 2.65 bits per heavy atom. The summed E-state index contributed by atoms with van der Waals surface area (Å²) >= 11 is 0. The van der Waals surface area contributed by atoms with Gasteiger partial charge >= 0.3 is 0 Å². The number of carbonyl (C=O) groups is 1. The van der Waals surface area contributed by atoms with E-state index in [0.717, 1.165) is 5.56 Å². The lowest BCUT2D eigenvalue weighted by atomic mass is 10.1. The maximum absolute atomic E-state index is 12.5. The number of hydrogen-bond donors (Lipinski definition) is 0. The van der Waals surface area contributed by atoms with Crippen molar-refractivity contribution >= 4 is 15.7 Å². The van der Waals surface area contributed by atoms with Gasteiger partial charge in [-0.2, -0.15) is 0 Å². The minimum Gasteiger partial charge on any atom is -0.361 e. The standard InChI is InChI=1S/C16H18N2O4S/c1-12-11-14(17-22-12)16(19)18-8-7-15(23(20,21)10-9-18)13-5-3-2-4-6-13/h2-6,11,15H,7-10H2,1H3/t15-/m1/s1. The van der Waals surface area contributed by atoms with E-state index in [-0.39, 0.29) is 23.9 Å². The summed E-state index contributed by atoms with van der Waals surface area (Å²) in [5.41, 5.74) is 0.997. The van der Waals surface area contributed by atoms with Crippen molar-refractivity contribution in [3.63, 3.8) is 0 Å². The minimum absolute atomic E-state index is 0.0465. The lowest BCUT2D eigenvalue weighted by molar-refractivity contribution is 0.0756. The maximum atomic E-state index is 12.5. The molecular formula is C16H18N2O4S. The highest BCUT2D eigenvalue weighted by Crippen LogP contribution is 2.29. The third-order valence-electron chi connectivity index (χ3n) is 4.05. The molecule has 1 aliphatic rings. The monoisotopic (exact) mass is 334 g/mol. The summed E-state index contributed by atoms with van der Waals surface area (Å²) in [7, 11) is -3.29. The van der Waals surface area contributed by atoms with Crippen molar-refractivity contribution in [3.8, 4) is 0 Å². The molecule has 2 aromatic rings. The molecule has 1 amide bonds. The fourth-order valence-electron chi connectivity index (χ4n) is 2.82. The molecule has 122 valence electrons. The second-order valence-electron chi connectivity index (χ2n) is 5.67. The van der Waals surface area contributed by atoms with Gasteiger partial charge in [0.05, 0.1) is 11.0 Å². The number of hydrogen-bond acceptors (Lipinski definition) is 5. The molecule has 0 unspecified atom stereocenters. The highest BCUT2D eigenvalue weighted by Gasteiger charge is 2.33. The van der Waals surface area contributed by atoms with E-state index < -0.39 is 15.1 Å². The van der Waals surface area contributed by atoms with Crippen molar-refractivity contribution in [3.05, 3.63) is 53.4 Å². The molecule has 7 heteroatoms. The van der Waals surface area contributed by atoms with Crippen LogP contribution in [0.15, 0.2) is 40.9 Å². The van der Waals surface area contributed by atoms with Crippen LogP contribution in [-0.2, 0) is 9.84 Å². The number of amides is 1. The molecule has 0 bridgehead atoms. The summed E-state index contributed by atoms with van der Waals surface area (Å²) in [6, 6.07) is 10.7. The molecule has 1 aromatic heterocycles. The molecule has 0 aliphatic carbocycles. The number of sulfone groups is 1. The number of carbonyl (C=O) groups excluding carboxylic acids is 1. The van der Waals surface area contributed by atoms with Gasteiger partial charge in [-0.15, -0.1) is 0 Å². The Kier molecular flexibility index (Phi) is 4.21. The molecule has 1 saturated heterocycles. The first kappa shape index (κ1) is 15.7. The van der Waals surface area contributed by atoms with Gasteiger partial charge in [0.15, 0.2) is 15.5 Å². The molecule has 0 N–H and O–H groups in total. The van der Waals surface area contributed by atoms with Gasteiger partial charge in [-0.1, -0.05) is 35.5 Å². The summed E-state index contributed by atoms with van der Waals surface area (Å²) in [5, 5.41) is 3.15. The van der Waals surface area contributed by atoms with E-state index in [4.69, 9.17) is 4.52 Å². The summed E-state index contributed by atoms with van der Waals surface area (Å²) in [5.74, 6) is 0.221. The van der Waals surface area contributed by atoms with Crippen molar-refractivity contribution in [1.29, 1.82) is 0 Å². The molecule has 0 spiro atoms. The second-order valence-corrected chi connectivity index (χ2v) is 7.97. The summed E-state index contributed by atoms with van der Waals surface area (Å²) in [4.78, 5) is 14.0. The van der Waals surface area contributed by atoms with Crippen LogP contribution in [0.1, 0.15) is 33.5 Å². The van der Waals surface area contributed by atoms with Crippen molar-refractivity contribution in [2.75, 3.05) is 18.8 Å². The average Bonchev–Trinajstić information content (AvgIpc) is 2.90. The quantitative estimate of drug-likeness (QED) is 0.839. The Hall–Kier alpha value is -2.15. The van der Waals surface area contributed by atoms with E-state index in [1.165, 1.54) is 4.90 Å². The van der Waals surface area contributed by atoms with Gasteiger partial charge in [0, 0.05) is 19.2 Å². The van der Waals surface area contributed by atoms with E-state index in [1.807, 2.05) is 30.3 Å². The van der Waals surface area contributed by atoms with Gasteiger partial charge in [0.1, 0.15) is 5.76 Å². The fraction of sp³-hybridized carbons (Fsp3) is 0.375. The van der Waals surface area contributed by atoms with Gasteiger partial charge < -0.3 is 9.42 Å². The lowest BCUT2D eigenvalue weighted by Gasteiger charge is -2.18. The molecule has 0 radical (unpaired) electrons. The van der Waals surface area contributed by atoms with Crippen LogP contribution in [0.4, 0.5) is 0 Å². The molecule has 3 rings (SSSR count). The zero-order valence-electron chi connectivity index (χ0n) is 12.8. The van der Waals surface area contributed by atoms with Crippen LogP contribution in [-0.4, -0.2) is 43.2 Å². The van der Waals surface area contributed by atoms with Gasteiger partial charge in [-0.25, -0.2) is 8.42 Å². The number of nitrogens with zero attached hydrogens (tertiary/aromatic N) is 2. The highest BCUT2D eigenvalue weighted by atomic mass is 32.2. The van der Waals surface area contributed by atoms with E-state index >= 15 is 0 Å². The van der Waals surface area contributed by atoms with Crippen LogP contribution in [0.2, 0.25) is 0 Å². The normalized spacial score (nSPS) is 20.9. The summed E-state index contributed by atoms with van der Waals surface area (Å²) in [6.07, 6.45) is 0.384. The molecule has 1 atom stereocenters. The molecule has 23 heavy (non-hydrogen) atoms. The topological polar surface area (TPSA) is 80.5 Å². The molecule has 6 nitrogen and oxygen atoms in total. The number of benzene rings is 1. The second kappa shape index (κ2) is 6.16. The molecule has 0 saturated carbocycles. The largest absolute Gasteiger partial charge is 0.361 e. The van der Waals surface area contributed by atoms with E-state index in [9.17, 15) is 13.2 Å². The van der Waals surface area contributed by atoms with Crippen LogP contribution >= 0.6 is 0 Å². The summed E-state index contributed by atoms with van der Waals surface area (Å²) in [6.45, 7) is 2.27. The van der Waals surface area contributed by atoms with E-state index in [0.29, 0.717) is 18.7 Å². The smallest absolute Gasteiger partial charge is 0.276 e. The highest BCUT2D eigenvalue weighted by molar-refractivity contribution is 7.91. The molecule has 2 heterocycles. The van der Waals surface area contributed by atoms with Crippen LogP contribution in [0.3, 0.4) is 0 Å². The van der Waals surface area contributed by atoms with Crippen molar-refractivity contribution in [2.45, 2.75) is 18.6 Å². The zero-order valence-corrected chi connectivity index (χ0v) is 13.6. The van der Waals surface area contributed by atoms with E-state index in [1.54, 1.807) is 13.0 Å². The van der Waals surface area contributed by atoms with Crippen molar-refractivity contribution < 1.29 is 17.7 Å². The Labute approximate surface area is 135 Å². The Bertz CT molecular complexity index is 798. The first-order valence-electron chi connectivity index (χ1n) is 7.46. The van der Waals surface area contributed by atoms with Crippen LogP contribution < -0.4 is 0 Å². The first-order chi connectivity index (χ1) is 11.0. The Morgan fingerprint density at radius 2 is 2.00 bits per heavy atom. The predicted octanol–water partition coefficient (Wildman–Crippen LogP) is 1.99. The Balaban J connectivity index is 1.81. The molecule has 1 aromatic carbocycles. The molecule has 1 fully saturated rings. The minimum atomic E-state index is -3.29. The SMILES string of the molecule is Cc1cc(C(=O)N2CC[C@H](c3ccccc3)S(=O)(=O)CC2)no1. The van der Waals surface area contributed by atoms with Gasteiger partial charge in [0.2, 0.25) is 0 Å². The summed E-state index contributed by atoms with van der Waals surface area (Å²) < 4.78 is 30.0. The van der Waals surface area contributed by atoms with Gasteiger partial charge in [-0.05, 0) is 18.9 Å². The van der Waals surface area contributed by atoms with Gasteiger partial charge in [-0.3, -0.25) is 4.79 Å². The lowest BCUT2D eigenvalue weighted by Crippen LogP contribution is -2.33. The maximum Gasteiger partial charge on any atom is 0.276 e. The number of aryl methyl sites for hydroxylation is 1. The van der Waals surface area contributed by atoms with Crippen LogP contribution in [0.5, 0.6) is 0 Å². The molecular weight excluding hydrogens is 316 g/mol. The van der Waals surface area contributed by atoms with Crippen LogP contribution in [0, 0.1) is 6.92 Å². The molecule has 1 aliphatic heterocycles. The predicted molar refractivity (Wildman–Crippen MR) is 84.7 cm³/mol. The van der Waals surface area contributed by atoms with Crippen LogP contribution in [0.25, 0.3) is 0 Å². The number of aromatic nitrogens is 1. The van der Waals surface area contributed by atoms with E-state index in [2.05, 4.69) is 5.16 Å². The average molecular weight is 334 g/mol. The third kappa shape index (κ3) is 3.29. The first-order valence-corrected chi connectivity index (χ1v) is 9.18. The third-order valence-corrected chi connectivity index (χ3v) is 6.17. The van der Waals surface area contributed by atoms with Crippen molar-refractivity contribution in [2.24, 2.45) is 0 Å². The number of rotatable bonds is 2.